The predicted molar refractivity (Wildman–Crippen MR) is 65.1 cm³/mol. The van der Waals surface area contributed by atoms with Gasteiger partial charge >= 0.3 is 11.9 Å². The molecule has 0 bridgehead atoms. The van der Waals surface area contributed by atoms with E-state index in [1.165, 1.54) is 38.5 Å². The van der Waals surface area contributed by atoms with Crippen LogP contribution in [-0.2, 0) is 9.47 Å². The van der Waals surface area contributed by atoms with Gasteiger partial charge < -0.3 is 9.47 Å². The lowest BCUT2D eigenvalue weighted by Gasteiger charge is -2.04. The molecule has 7 nitrogen and oxygen atoms in total. The number of carbonyl (C=O) groups is 2. The van der Waals surface area contributed by atoms with E-state index < -0.39 is 16.9 Å². The fraction of sp³-hybridized carbons (Fsp3) is 0.167. The number of hydrogen-bond acceptors (Lipinski definition) is 6. The number of carbonyl (C=O) groups excluding carboxylic acids is 2. The van der Waals surface area contributed by atoms with Crippen molar-refractivity contribution in [1.82, 2.24) is 0 Å². The molecule has 1 aromatic carbocycles. The Balaban J connectivity index is 3.27. The first-order valence-corrected chi connectivity index (χ1v) is 5.11. The molecule has 1 rings (SSSR count). The van der Waals surface area contributed by atoms with Gasteiger partial charge in [-0.25, -0.2) is 9.59 Å². The highest BCUT2D eigenvalue weighted by Gasteiger charge is 2.13. The molecule has 19 heavy (non-hydrogen) atoms. The van der Waals surface area contributed by atoms with Crippen LogP contribution in [0, 0.1) is 10.1 Å². The number of methoxy groups -OCH3 is 2. The molecule has 0 amide bonds. The molecule has 0 spiro atoms. The zero-order valence-electron chi connectivity index (χ0n) is 10.3. The first kappa shape index (κ1) is 14.4. The van der Waals surface area contributed by atoms with Crippen LogP contribution in [0.4, 0.5) is 0 Å². The van der Waals surface area contributed by atoms with E-state index in [1.54, 1.807) is 0 Å². The van der Waals surface area contributed by atoms with E-state index in [4.69, 9.17) is 0 Å². The van der Waals surface area contributed by atoms with Gasteiger partial charge in [-0.15, -0.1) is 0 Å². The van der Waals surface area contributed by atoms with E-state index in [0.29, 0.717) is 11.8 Å². The molecule has 1 aromatic rings. The number of benzene rings is 1. The molecule has 0 atom stereocenters. The standard InChI is InChI=1S/C12H11NO6/c1-18-11(14)9-5-8(3-4-13(16)17)6-10(7-9)12(15)19-2/h3-7H,1-2H3. The van der Waals surface area contributed by atoms with E-state index in [-0.39, 0.29) is 11.1 Å². The molecule has 0 fully saturated rings. The van der Waals surface area contributed by atoms with Crippen molar-refractivity contribution in [2.24, 2.45) is 0 Å². The molecule has 7 heteroatoms. The largest absolute Gasteiger partial charge is 0.465 e. The van der Waals surface area contributed by atoms with Crippen molar-refractivity contribution in [1.29, 1.82) is 0 Å². The molecule has 0 saturated carbocycles. The highest BCUT2D eigenvalue weighted by molar-refractivity contribution is 5.96. The van der Waals surface area contributed by atoms with Crippen molar-refractivity contribution in [3.05, 3.63) is 51.2 Å². The minimum Gasteiger partial charge on any atom is -0.465 e. The van der Waals surface area contributed by atoms with Crippen LogP contribution < -0.4 is 0 Å². The van der Waals surface area contributed by atoms with Gasteiger partial charge in [0.2, 0.25) is 6.20 Å². The molecule has 0 N–H and O–H groups in total. The second kappa shape index (κ2) is 6.29. The fourth-order valence-corrected chi connectivity index (χ4v) is 1.37. The third-order valence-corrected chi connectivity index (χ3v) is 2.19. The fourth-order valence-electron chi connectivity index (χ4n) is 1.37. The zero-order valence-corrected chi connectivity index (χ0v) is 10.3. The SMILES string of the molecule is COC(=O)c1cc(C=C[N+](=O)[O-])cc(C(=O)OC)c1. The molecule has 100 valence electrons. The van der Waals surface area contributed by atoms with E-state index in [2.05, 4.69) is 9.47 Å². The molecule has 0 aromatic heterocycles. The maximum absolute atomic E-state index is 11.4. The highest BCUT2D eigenvalue weighted by Crippen LogP contribution is 2.14. The summed E-state index contributed by atoms with van der Waals surface area (Å²) >= 11 is 0. The van der Waals surface area contributed by atoms with Crippen molar-refractivity contribution >= 4 is 18.0 Å². The zero-order chi connectivity index (χ0) is 14.4. The summed E-state index contributed by atoms with van der Waals surface area (Å²) in [6.07, 6.45) is 1.87. The minimum absolute atomic E-state index is 0.105. The Kier molecular flexibility index (Phi) is 4.76. The Morgan fingerprint density at radius 3 is 1.95 bits per heavy atom. The summed E-state index contributed by atoms with van der Waals surface area (Å²) in [7, 11) is 2.39. The van der Waals surface area contributed by atoms with Crippen LogP contribution in [0.3, 0.4) is 0 Å². The lowest BCUT2D eigenvalue weighted by molar-refractivity contribution is -0.400. The number of nitrogens with zero attached hydrogens (tertiary/aromatic N) is 1. The van der Waals surface area contributed by atoms with Gasteiger partial charge in [0.25, 0.3) is 0 Å². The van der Waals surface area contributed by atoms with Gasteiger partial charge in [-0.2, -0.15) is 0 Å². The summed E-state index contributed by atoms with van der Waals surface area (Å²) in [5.74, 6) is -1.30. The number of hydrogen-bond donors (Lipinski definition) is 0. The number of rotatable bonds is 4. The highest BCUT2D eigenvalue weighted by atomic mass is 16.6. The number of ether oxygens (including phenoxy) is 2. The van der Waals surface area contributed by atoms with E-state index in [9.17, 15) is 19.7 Å². The van der Waals surface area contributed by atoms with E-state index in [0.717, 1.165) is 0 Å². The summed E-state index contributed by atoms with van der Waals surface area (Å²) < 4.78 is 9.07. The van der Waals surface area contributed by atoms with Crippen LogP contribution in [-0.4, -0.2) is 31.1 Å². The first-order valence-electron chi connectivity index (χ1n) is 5.11. The molecule has 0 aliphatic heterocycles. The van der Waals surface area contributed by atoms with Crippen molar-refractivity contribution in [2.45, 2.75) is 0 Å². The van der Waals surface area contributed by atoms with Crippen LogP contribution in [0.5, 0.6) is 0 Å². The normalized spacial score (nSPS) is 10.2. The van der Waals surface area contributed by atoms with Crippen LogP contribution in [0.15, 0.2) is 24.4 Å². The van der Waals surface area contributed by atoms with Crippen LogP contribution in [0.1, 0.15) is 26.3 Å². The molecule has 0 radical (unpaired) electrons. The van der Waals surface area contributed by atoms with Crippen molar-refractivity contribution in [3.63, 3.8) is 0 Å². The van der Waals surface area contributed by atoms with Crippen LogP contribution in [0.2, 0.25) is 0 Å². The molecule has 0 saturated heterocycles. The van der Waals surface area contributed by atoms with Crippen molar-refractivity contribution in [2.75, 3.05) is 14.2 Å². The average Bonchev–Trinajstić information content (AvgIpc) is 2.42. The van der Waals surface area contributed by atoms with Crippen molar-refractivity contribution in [3.8, 4) is 0 Å². The number of nitro groups is 1. The second-order valence-corrected chi connectivity index (χ2v) is 3.43. The summed E-state index contributed by atoms with van der Waals surface area (Å²) in [5, 5.41) is 10.3. The predicted octanol–water partition coefficient (Wildman–Crippen LogP) is 1.51. The monoisotopic (exact) mass is 265 g/mol. The van der Waals surface area contributed by atoms with Gasteiger partial charge in [0.15, 0.2) is 0 Å². The van der Waals surface area contributed by atoms with Crippen molar-refractivity contribution < 1.29 is 24.0 Å². The second-order valence-electron chi connectivity index (χ2n) is 3.43. The third-order valence-electron chi connectivity index (χ3n) is 2.19. The molecule has 0 aliphatic rings. The van der Waals surface area contributed by atoms with E-state index in [1.807, 2.05) is 0 Å². The summed E-state index contributed by atoms with van der Waals surface area (Å²) in [6.45, 7) is 0. The lowest BCUT2D eigenvalue weighted by atomic mass is 10.1. The Labute approximate surface area is 108 Å². The van der Waals surface area contributed by atoms with Gasteiger partial charge in [0.05, 0.1) is 30.3 Å². The number of esters is 2. The quantitative estimate of drug-likeness (QED) is 0.465. The van der Waals surface area contributed by atoms with Gasteiger partial charge in [-0.3, -0.25) is 10.1 Å². The molecule has 0 aliphatic carbocycles. The molecular formula is C12H11NO6. The van der Waals surface area contributed by atoms with Gasteiger partial charge in [0, 0.05) is 6.08 Å². The average molecular weight is 265 g/mol. The summed E-state index contributed by atoms with van der Waals surface area (Å²) in [6, 6.07) is 4.04. The molecular weight excluding hydrogens is 254 g/mol. The van der Waals surface area contributed by atoms with Gasteiger partial charge in [0.1, 0.15) is 0 Å². The molecule has 0 unspecified atom stereocenters. The van der Waals surface area contributed by atoms with Crippen LogP contribution >= 0.6 is 0 Å². The van der Waals surface area contributed by atoms with Gasteiger partial charge in [-0.05, 0) is 23.8 Å². The minimum atomic E-state index is -0.651. The Morgan fingerprint density at radius 1 is 1.11 bits per heavy atom. The van der Waals surface area contributed by atoms with E-state index >= 15 is 0 Å². The van der Waals surface area contributed by atoms with Crippen LogP contribution in [0.25, 0.3) is 6.08 Å². The maximum Gasteiger partial charge on any atom is 0.337 e. The molecule has 0 heterocycles. The topological polar surface area (TPSA) is 95.7 Å². The Hall–Kier alpha value is -2.70. The first-order chi connectivity index (χ1) is 8.97. The smallest absolute Gasteiger partial charge is 0.337 e. The Bertz CT molecular complexity index is 515. The summed E-state index contributed by atoms with van der Waals surface area (Å²) in [5.41, 5.74) is 0.529. The summed E-state index contributed by atoms with van der Waals surface area (Å²) in [4.78, 5) is 32.5. The lowest BCUT2D eigenvalue weighted by Crippen LogP contribution is -2.07. The maximum atomic E-state index is 11.4. The Morgan fingerprint density at radius 2 is 1.58 bits per heavy atom. The third kappa shape index (κ3) is 3.91. The van der Waals surface area contributed by atoms with Gasteiger partial charge in [-0.1, -0.05) is 0 Å².